The maximum Gasteiger partial charge on any atom is 0.329 e. The molecule has 1 atom stereocenters. The fourth-order valence-corrected chi connectivity index (χ4v) is 2.52. The number of nitrogens with one attached hydrogen (secondary N) is 2. The first-order chi connectivity index (χ1) is 11.6. The van der Waals surface area contributed by atoms with Crippen molar-refractivity contribution in [1.29, 1.82) is 0 Å². The molecule has 10 heteroatoms. The molecule has 1 rings (SSSR count). The molecule has 0 saturated carbocycles. The van der Waals surface area contributed by atoms with E-state index < -0.39 is 40.3 Å². The molecule has 0 fully saturated rings. The molecule has 25 heavy (non-hydrogen) atoms. The number of carbonyl (C=O) groups excluding carboxylic acids is 3. The number of sulfone groups is 1. The Balaban J connectivity index is 2.81. The molecule has 8 nitrogen and oxygen atoms in total. The number of esters is 1. The molecule has 0 aliphatic carbocycles. The van der Waals surface area contributed by atoms with Crippen LogP contribution >= 0.6 is 11.6 Å². The predicted molar refractivity (Wildman–Crippen MR) is 92.1 cm³/mol. The average Bonchev–Trinajstić information content (AvgIpc) is 2.55. The first-order valence-corrected chi connectivity index (χ1v) is 9.67. The van der Waals surface area contributed by atoms with Crippen LogP contribution in [0.1, 0.15) is 16.8 Å². The Kier molecular flexibility index (Phi) is 7.85. The molecule has 0 unspecified atom stereocenters. The first kappa shape index (κ1) is 20.9. The van der Waals surface area contributed by atoms with Gasteiger partial charge in [0.2, 0.25) is 0 Å². The van der Waals surface area contributed by atoms with Gasteiger partial charge in [0.1, 0.15) is 15.9 Å². The minimum Gasteiger partial charge on any atom is -0.454 e. The Bertz CT molecular complexity index is 733. The van der Waals surface area contributed by atoms with E-state index in [1.807, 2.05) is 0 Å². The summed E-state index contributed by atoms with van der Waals surface area (Å²) in [6, 6.07) is 4.72. The van der Waals surface area contributed by atoms with Crippen LogP contribution in [0, 0.1) is 0 Å². The highest BCUT2D eigenvalue weighted by Crippen LogP contribution is 2.10. The number of carbonyl (C=O) groups is 3. The van der Waals surface area contributed by atoms with Gasteiger partial charge in [-0.3, -0.25) is 9.59 Å². The lowest BCUT2D eigenvalue weighted by Crippen LogP contribution is -2.43. The van der Waals surface area contributed by atoms with Gasteiger partial charge in [-0.1, -0.05) is 11.6 Å². The van der Waals surface area contributed by atoms with Crippen molar-refractivity contribution in [1.82, 2.24) is 10.6 Å². The SMILES string of the molecule is CNC(=O)COC(=O)[C@H](CCS(C)(=O)=O)NC(=O)c1ccc(Cl)cc1. The molecule has 0 aliphatic heterocycles. The Hall–Kier alpha value is -2.13. The Morgan fingerprint density at radius 3 is 2.32 bits per heavy atom. The summed E-state index contributed by atoms with van der Waals surface area (Å²) in [5.74, 6) is -2.34. The van der Waals surface area contributed by atoms with Crippen molar-refractivity contribution < 1.29 is 27.5 Å². The number of amides is 2. The van der Waals surface area contributed by atoms with Crippen LogP contribution in [0.2, 0.25) is 5.02 Å². The highest BCUT2D eigenvalue weighted by atomic mass is 35.5. The van der Waals surface area contributed by atoms with Gasteiger partial charge >= 0.3 is 5.97 Å². The molecule has 0 bridgehead atoms. The molecule has 0 radical (unpaired) electrons. The number of benzene rings is 1. The number of hydrogen-bond acceptors (Lipinski definition) is 6. The van der Waals surface area contributed by atoms with Gasteiger partial charge in [0, 0.05) is 23.9 Å². The normalized spacial score (nSPS) is 12.1. The topological polar surface area (TPSA) is 119 Å². The Labute approximate surface area is 150 Å². The lowest BCUT2D eigenvalue weighted by Gasteiger charge is -2.17. The quantitative estimate of drug-likeness (QED) is 0.610. The van der Waals surface area contributed by atoms with Gasteiger partial charge in [0.25, 0.3) is 11.8 Å². The van der Waals surface area contributed by atoms with Crippen molar-refractivity contribution in [3.8, 4) is 0 Å². The van der Waals surface area contributed by atoms with Crippen molar-refractivity contribution in [2.75, 3.05) is 25.7 Å². The van der Waals surface area contributed by atoms with E-state index in [1.165, 1.54) is 31.3 Å². The molecule has 0 spiro atoms. The van der Waals surface area contributed by atoms with Gasteiger partial charge in [-0.05, 0) is 30.7 Å². The van der Waals surface area contributed by atoms with Crippen LogP contribution in [0.25, 0.3) is 0 Å². The van der Waals surface area contributed by atoms with Crippen molar-refractivity contribution in [2.45, 2.75) is 12.5 Å². The second-order valence-electron chi connectivity index (χ2n) is 5.23. The molecular formula is C15H19ClN2O6S. The third-order valence-corrected chi connectivity index (χ3v) is 4.33. The molecule has 0 heterocycles. The molecule has 1 aromatic rings. The smallest absolute Gasteiger partial charge is 0.329 e. The zero-order valence-electron chi connectivity index (χ0n) is 13.7. The maximum absolute atomic E-state index is 12.2. The Morgan fingerprint density at radius 2 is 1.80 bits per heavy atom. The van der Waals surface area contributed by atoms with E-state index in [0.717, 1.165) is 6.26 Å². The van der Waals surface area contributed by atoms with Gasteiger partial charge in [0.15, 0.2) is 6.61 Å². The molecule has 0 aliphatic rings. The number of halogens is 1. The van der Waals surface area contributed by atoms with Gasteiger partial charge in [-0.25, -0.2) is 13.2 Å². The second-order valence-corrected chi connectivity index (χ2v) is 7.93. The lowest BCUT2D eigenvalue weighted by molar-refractivity contribution is -0.150. The summed E-state index contributed by atoms with van der Waals surface area (Å²) < 4.78 is 27.4. The van der Waals surface area contributed by atoms with Gasteiger partial charge in [-0.2, -0.15) is 0 Å². The molecule has 2 N–H and O–H groups in total. The van der Waals surface area contributed by atoms with E-state index in [-0.39, 0.29) is 17.7 Å². The van der Waals surface area contributed by atoms with Crippen LogP contribution in [0.3, 0.4) is 0 Å². The molecule has 138 valence electrons. The third kappa shape index (κ3) is 7.99. The molecule has 0 aromatic heterocycles. The molecule has 2 amide bonds. The summed E-state index contributed by atoms with van der Waals surface area (Å²) in [4.78, 5) is 35.4. The number of likely N-dealkylation sites (N-methyl/N-ethyl adjacent to an activating group) is 1. The Morgan fingerprint density at radius 1 is 1.20 bits per heavy atom. The van der Waals surface area contributed by atoms with Gasteiger partial charge in [0.05, 0.1) is 5.75 Å². The van der Waals surface area contributed by atoms with Crippen LogP contribution in [0.15, 0.2) is 24.3 Å². The largest absolute Gasteiger partial charge is 0.454 e. The van der Waals surface area contributed by atoms with Crippen LogP contribution < -0.4 is 10.6 Å². The molecule has 1 aromatic carbocycles. The van der Waals surface area contributed by atoms with Crippen molar-refractivity contribution in [3.63, 3.8) is 0 Å². The fourth-order valence-electron chi connectivity index (χ4n) is 1.73. The van der Waals surface area contributed by atoms with E-state index in [0.29, 0.717) is 5.02 Å². The van der Waals surface area contributed by atoms with Gasteiger partial charge < -0.3 is 15.4 Å². The second kappa shape index (κ2) is 9.38. The summed E-state index contributed by atoms with van der Waals surface area (Å²) in [5.41, 5.74) is 0.243. The summed E-state index contributed by atoms with van der Waals surface area (Å²) >= 11 is 5.75. The summed E-state index contributed by atoms with van der Waals surface area (Å²) in [7, 11) is -1.98. The fraction of sp³-hybridized carbons (Fsp3) is 0.400. The van der Waals surface area contributed by atoms with E-state index in [1.54, 1.807) is 0 Å². The summed E-state index contributed by atoms with van der Waals surface area (Å²) in [5, 5.41) is 5.13. The van der Waals surface area contributed by atoms with Crippen molar-refractivity contribution in [2.24, 2.45) is 0 Å². The lowest BCUT2D eigenvalue weighted by atomic mass is 10.1. The van der Waals surface area contributed by atoms with Crippen molar-refractivity contribution >= 4 is 39.2 Å². The highest BCUT2D eigenvalue weighted by molar-refractivity contribution is 7.90. The van der Waals surface area contributed by atoms with E-state index in [2.05, 4.69) is 10.6 Å². The standard InChI is InChI=1S/C15H19ClN2O6S/c1-17-13(19)9-24-15(21)12(7-8-25(2,22)23)18-14(20)10-3-5-11(16)6-4-10/h3-6,12H,7-9H2,1-2H3,(H,17,19)(H,18,20)/t12-/m0/s1. The third-order valence-electron chi connectivity index (χ3n) is 3.10. The van der Waals surface area contributed by atoms with Crippen LogP contribution in [0.4, 0.5) is 0 Å². The summed E-state index contributed by atoms with van der Waals surface area (Å²) in [6.45, 7) is -0.526. The first-order valence-electron chi connectivity index (χ1n) is 7.23. The van der Waals surface area contributed by atoms with Crippen LogP contribution in [-0.4, -0.2) is 57.9 Å². The van der Waals surface area contributed by atoms with E-state index in [9.17, 15) is 22.8 Å². The number of rotatable bonds is 8. The zero-order chi connectivity index (χ0) is 19.0. The molecular weight excluding hydrogens is 372 g/mol. The predicted octanol–water partition coefficient (Wildman–Crippen LogP) is 0.162. The minimum absolute atomic E-state index is 0.176. The molecule has 0 saturated heterocycles. The minimum atomic E-state index is -3.35. The average molecular weight is 391 g/mol. The number of ether oxygens (including phenoxy) is 1. The maximum atomic E-state index is 12.2. The number of hydrogen-bond donors (Lipinski definition) is 2. The van der Waals surface area contributed by atoms with Crippen molar-refractivity contribution in [3.05, 3.63) is 34.9 Å². The van der Waals surface area contributed by atoms with E-state index >= 15 is 0 Å². The van der Waals surface area contributed by atoms with Gasteiger partial charge in [-0.15, -0.1) is 0 Å². The zero-order valence-corrected chi connectivity index (χ0v) is 15.3. The van der Waals surface area contributed by atoms with E-state index in [4.69, 9.17) is 16.3 Å². The van der Waals surface area contributed by atoms with Crippen LogP contribution in [-0.2, 0) is 24.2 Å². The highest BCUT2D eigenvalue weighted by Gasteiger charge is 2.25. The monoisotopic (exact) mass is 390 g/mol. The summed E-state index contributed by atoms with van der Waals surface area (Å²) in [6.07, 6.45) is 0.839. The van der Waals surface area contributed by atoms with Crippen LogP contribution in [0.5, 0.6) is 0 Å².